The molecule has 1 atom stereocenters. The van der Waals surface area contributed by atoms with Crippen molar-refractivity contribution in [2.24, 2.45) is 0 Å². The zero-order valence-corrected chi connectivity index (χ0v) is 15.0. The Morgan fingerprint density at radius 3 is 2.58 bits per heavy atom. The van der Waals surface area contributed by atoms with Crippen molar-refractivity contribution in [2.45, 2.75) is 33.3 Å². The first kappa shape index (κ1) is 17.7. The lowest BCUT2D eigenvalue weighted by atomic mass is 10.1. The summed E-state index contributed by atoms with van der Waals surface area (Å²) >= 11 is 0. The Labute approximate surface area is 151 Å². The van der Waals surface area contributed by atoms with Crippen LogP contribution >= 0.6 is 0 Å². The summed E-state index contributed by atoms with van der Waals surface area (Å²) < 4.78 is 10.9. The molecule has 0 aliphatic carbocycles. The van der Waals surface area contributed by atoms with Gasteiger partial charge in [0.1, 0.15) is 11.3 Å². The summed E-state index contributed by atoms with van der Waals surface area (Å²) in [6.45, 7) is 5.60. The highest BCUT2D eigenvalue weighted by atomic mass is 16.5. The first-order chi connectivity index (χ1) is 12.5. The van der Waals surface area contributed by atoms with Crippen molar-refractivity contribution >= 4 is 22.6 Å². The minimum Gasteiger partial charge on any atom is -0.481 e. The predicted molar refractivity (Wildman–Crippen MR) is 102 cm³/mol. The second-order valence-electron chi connectivity index (χ2n) is 6.21. The van der Waals surface area contributed by atoms with Gasteiger partial charge in [-0.15, -0.1) is 0 Å². The van der Waals surface area contributed by atoms with Gasteiger partial charge in [-0.1, -0.05) is 19.1 Å². The van der Waals surface area contributed by atoms with E-state index in [-0.39, 0.29) is 5.91 Å². The minimum atomic E-state index is -0.699. The molecule has 1 N–H and O–H groups in total. The van der Waals surface area contributed by atoms with Gasteiger partial charge in [-0.25, -0.2) is 4.79 Å². The number of fused-ring (bicyclic) bond motifs is 1. The van der Waals surface area contributed by atoms with Crippen molar-refractivity contribution in [3.8, 4) is 5.75 Å². The van der Waals surface area contributed by atoms with E-state index < -0.39 is 11.7 Å². The van der Waals surface area contributed by atoms with Crippen LogP contribution in [0.5, 0.6) is 5.75 Å². The summed E-state index contributed by atoms with van der Waals surface area (Å²) in [6.07, 6.45) is 0.250. The van der Waals surface area contributed by atoms with Crippen LogP contribution in [-0.4, -0.2) is 12.0 Å². The Morgan fingerprint density at radius 2 is 1.88 bits per heavy atom. The van der Waals surface area contributed by atoms with E-state index in [0.717, 1.165) is 23.1 Å². The summed E-state index contributed by atoms with van der Waals surface area (Å²) in [5.74, 6) is 0.218. The van der Waals surface area contributed by atoms with Gasteiger partial charge in [-0.05, 0) is 55.7 Å². The second kappa shape index (κ2) is 7.44. The maximum atomic E-state index is 12.3. The van der Waals surface area contributed by atoms with Crippen molar-refractivity contribution < 1.29 is 13.9 Å². The smallest absolute Gasteiger partial charge is 0.336 e. The third-order valence-corrected chi connectivity index (χ3v) is 4.23. The largest absolute Gasteiger partial charge is 0.481 e. The van der Waals surface area contributed by atoms with E-state index in [1.54, 1.807) is 19.1 Å². The fourth-order valence-corrected chi connectivity index (χ4v) is 2.70. The van der Waals surface area contributed by atoms with Crippen LogP contribution in [0.2, 0.25) is 0 Å². The number of nitrogens with one attached hydrogen (secondary N) is 1. The second-order valence-corrected chi connectivity index (χ2v) is 6.21. The van der Waals surface area contributed by atoms with Gasteiger partial charge in [-0.3, -0.25) is 4.79 Å². The normalized spacial score (nSPS) is 12.0. The number of ether oxygens (including phenoxy) is 1. The number of aryl methyl sites for hydroxylation is 2. The molecule has 0 fully saturated rings. The molecular formula is C21H21NO4. The van der Waals surface area contributed by atoms with Crippen LogP contribution in [0.3, 0.4) is 0 Å². The molecule has 5 heteroatoms. The van der Waals surface area contributed by atoms with Crippen molar-refractivity contribution in [3.05, 3.63) is 70.1 Å². The van der Waals surface area contributed by atoms with Crippen LogP contribution in [-0.2, 0) is 11.2 Å². The molecule has 2 aromatic carbocycles. The van der Waals surface area contributed by atoms with Crippen molar-refractivity contribution in [2.75, 3.05) is 5.32 Å². The topological polar surface area (TPSA) is 68.5 Å². The van der Waals surface area contributed by atoms with Gasteiger partial charge in [-0.2, -0.15) is 0 Å². The van der Waals surface area contributed by atoms with Crippen molar-refractivity contribution in [1.82, 2.24) is 0 Å². The molecule has 1 amide bonds. The van der Waals surface area contributed by atoms with E-state index in [2.05, 4.69) is 12.2 Å². The quantitative estimate of drug-likeness (QED) is 0.704. The standard InChI is InChI=1S/C21H21NO4/c1-4-15-5-7-16(8-6-15)22-21(24)14(3)25-17-9-10-18-13(2)11-20(23)26-19(18)12-17/h5-12,14H,4H2,1-3H3,(H,22,24)/t14-/m1/s1. The Kier molecular flexibility index (Phi) is 5.07. The lowest BCUT2D eigenvalue weighted by molar-refractivity contribution is -0.122. The summed E-state index contributed by atoms with van der Waals surface area (Å²) in [7, 11) is 0. The van der Waals surface area contributed by atoms with Crippen LogP contribution in [0, 0.1) is 6.92 Å². The van der Waals surface area contributed by atoms with Gasteiger partial charge >= 0.3 is 5.63 Å². The first-order valence-corrected chi connectivity index (χ1v) is 8.57. The molecule has 0 spiro atoms. The molecule has 3 aromatic rings. The average molecular weight is 351 g/mol. The summed E-state index contributed by atoms with van der Waals surface area (Å²) in [6, 6.07) is 14.4. The number of hydrogen-bond donors (Lipinski definition) is 1. The molecule has 26 heavy (non-hydrogen) atoms. The van der Waals surface area contributed by atoms with Gasteiger partial charge < -0.3 is 14.5 Å². The summed E-state index contributed by atoms with van der Waals surface area (Å²) in [5, 5.41) is 3.67. The van der Waals surface area contributed by atoms with Crippen molar-refractivity contribution in [1.29, 1.82) is 0 Å². The number of amides is 1. The predicted octanol–water partition coefficient (Wildman–Crippen LogP) is 4.07. The van der Waals surface area contributed by atoms with Gasteiger partial charge in [0.15, 0.2) is 6.10 Å². The number of carbonyl (C=O) groups is 1. The highest BCUT2D eigenvalue weighted by Crippen LogP contribution is 2.23. The molecule has 3 rings (SSSR count). The fraction of sp³-hybridized carbons (Fsp3) is 0.238. The van der Waals surface area contributed by atoms with E-state index >= 15 is 0 Å². The zero-order valence-electron chi connectivity index (χ0n) is 15.0. The molecule has 0 bridgehead atoms. The average Bonchev–Trinajstić information content (AvgIpc) is 2.61. The molecule has 0 saturated carbocycles. The Hall–Kier alpha value is -3.08. The maximum absolute atomic E-state index is 12.3. The van der Waals surface area contributed by atoms with Crippen LogP contribution in [0.15, 0.2) is 57.7 Å². The molecule has 0 aliphatic heterocycles. The number of hydrogen-bond acceptors (Lipinski definition) is 4. The molecule has 0 radical (unpaired) electrons. The molecule has 0 unspecified atom stereocenters. The molecule has 5 nitrogen and oxygen atoms in total. The molecule has 0 saturated heterocycles. The molecule has 1 aromatic heterocycles. The molecule has 134 valence electrons. The lowest BCUT2D eigenvalue weighted by Gasteiger charge is -2.15. The van der Waals surface area contributed by atoms with Crippen LogP contribution in [0.1, 0.15) is 25.0 Å². The fourth-order valence-electron chi connectivity index (χ4n) is 2.70. The third kappa shape index (κ3) is 3.94. The Balaban J connectivity index is 1.72. The van der Waals surface area contributed by atoms with Crippen LogP contribution in [0.4, 0.5) is 5.69 Å². The van der Waals surface area contributed by atoms with E-state index in [9.17, 15) is 9.59 Å². The van der Waals surface area contributed by atoms with Gasteiger partial charge in [0.25, 0.3) is 5.91 Å². The highest BCUT2D eigenvalue weighted by Gasteiger charge is 2.15. The van der Waals surface area contributed by atoms with Crippen LogP contribution in [0.25, 0.3) is 11.0 Å². The number of benzene rings is 2. The Morgan fingerprint density at radius 1 is 1.15 bits per heavy atom. The minimum absolute atomic E-state index is 0.250. The molecule has 1 heterocycles. The third-order valence-electron chi connectivity index (χ3n) is 4.23. The van der Waals surface area contributed by atoms with Crippen LogP contribution < -0.4 is 15.7 Å². The van der Waals surface area contributed by atoms with E-state index in [1.165, 1.54) is 11.6 Å². The zero-order chi connectivity index (χ0) is 18.7. The van der Waals surface area contributed by atoms with Crippen molar-refractivity contribution in [3.63, 3.8) is 0 Å². The maximum Gasteiger partial charge on any atom is 0.336 e. The van der Waals surface area contributed by atoms with E-state index in [4.69, 9.17) is 9.15 Å². The summed E-state index contributed by atoms with van der Waals surface area (Å²) in [5.41, 5.74) is 2.80. The van der Waals surface area contributed by atoms with Gasteiger partial charge in [0, 0.05) is 23.2 Å². The summed E-state index contributed by atoms with van der Waals surface area (Å²) in [4.78, 5) is 23.9. The molecular weight excluding hydrogens is 330 g/mol. The number of rotatable bonds is 5. The van der Waals surface area contributed by atoms with E-state index in [1.807, 2.05) is 37.3 Å². The number of carbonyl (C=O) groups excluding carboxylic acids is 1. The monoisotopic (exact) mass is 351 g/mol. The van der Waals surface area contributed by atoms with Gasteiger partial charge in [0.05, 0.1) is 0 Å². The number of anilines is 1. The lowest BCUT2D eigenvalue weighted by Crippen LogP contribution is -2.30. The Bertz CT molecular complexity index is 989. The highest BCUT2D eigenvalue weighted by molar-refractivity contribution is 5.94. The van der Waals surface area contributed by atoms with E-state index in [0.29, 0.717) is 11.3 Å². The SMILES string of the molecule is CCc1ccc(NC(=O)[C@@H](C)Oc2ccc3c(C)cc(=O)oc3c2)cc1. The first-order valence-electron chi connectivity index (χ1n) is 8.57. The molecule has 0 aliphatic rings. The van der Waals surface area contributed by atoms with Gasteiger partial charge in [0.2, 0.25) is 0 Å².